The zero-order valence-corrected chi connectivity index (χ0v) is 9.21. The Labute approximate surface area is 96.9 Å². The summed E-state index contributed by atoms with van der Waals surface area (Å²) in [5.41, 5.74) is 0.803. The second-order valence-corrected chi connectivity index (χ2v) is 3.72. The van der Waals surface area contributed by atoms with Crippen LogP contribution in [0.1, 0.15) is 21.6 Å². The first-order valence-electron chi connectivity index (χ1n) is 5.04. The molecule has 0 aliphatic rings. The van der Waals surface area contributed by atoms with Crippen molar-refractivity contribution in [3.05, 3.63) is 57.9 Å². The number of pyridine rings is 1. The Morgan fingerprint density at radius 1 is 1.41 bits per heavy atom. The molecule has 2 heterocycles. The van der Waals surface area contributed by atoms with E-state index in [2.05, 4.69) is 0 Å². The number of aromatic carboxylic acids is 1. The van der Waals surface area contributed by atoms with Crippen molar-refractivity contribution in [3.8, 4) is 0 Å². The molecule has 0 unspecified atom stereocenters. The van der Waals surface area contributed by atoms with Gasteiger partial charge in [0.25, 0.3) is 5.56 Å². The van der Waals surface area contributed by atoms with Gasteiger partial charge in [0.1, 0.15) is 5.56 Å². The van der Waals surface area contributed by atoms with Gasteiger partial charge < -0.3 is 14.1 Å². The molecule has 0 fully saturated rings. The molecule has 2 rings (SSSR count). The molecule has 5 heteroatoms. The molecule has 0 aliphatic heterocycles. The lowest BCUT2D eigenvalue weighted by molar-refractivity contribution is 0.0694. The molecular weight excluding hydrogens is 222 g/mol. The normalized spacial score (nSPS) is 10.4. The van der Waals surface area contributed by atoms with E-state index in [1.165, 1.54) is 23.2 Å². The standard InChI is InChI=1S/C12H11NO4/c1-8-2-3-10(12(15)16)11(14)13(8)6-9-4-5-17-7-9/h2-5,7H,6H2,1H3,(H,15,16). The predicted molar refractivity (Wildman–Crippen MR) is 60.2 cm³/mol. The SMILES string of the molecule is Cc1ccc(C(=O)O)c(=O)n1Cc1ccoc1. The number of carbonyl (C=O) groups is 1. The van der Waals surface area contributed by atoms with E-state index >= 15 is 0 Å². The maximum Gasteiger partial charge on any atom is 0.341 e. The average Bonchev–Trinajstić information content (AvgIpc) is 2.76. The van der Waals surface area contributed by atoms with Gasteiger partial charge in [0.05, 0.1) is 19.1 Å². The van der Waals surface area contributed by atoms with E-state index in [-0.39, 0.29) is 5.56 Å². The van der Waals surface area contributed by atoms with Crippen molar-refractivity contribution in [2.45, 2.75) is 13.5 Å². The van der Waals surface area contributed by atoms with E-state index in [0.717, 1.165) is 5.56 Å². The van der Waals surface area contributed by atoms with Gasteiger partial charge in [0.2, 0.25) is 0 Å². The zero-order chi connectivity index (χ0) is 12.4. The lowest BCUT2D eigenvalue weighted by Gasteiger charge is -2.09. The first-order valence-corrected chi connectivity index (χ1v) is 5.04. The summed E-state index contributed by atoms with van der Waals surface area (Å²) < 4.78 is 6.32. The van der Waals surface area contributed by atoms with Gasteiger partial charge in [-0.15, -0.1) is 0 Å². The minimum absolute atomic E-state index is 0.223. The molecule has 2 aromatic heterocycles. The number of furan rings is 1. The minimum Gasteiger partial charge on any atom is -0.477 e. The largest absolute Gasteiger partial charge is 0.477 e. The Bertz CT molecular complexity index is 595. The summed E-state index contributed by atoms with van der Waals surface area (Å²) >= 11 is 0. The maximum atomic E-state index is 11.9. The Morgan fingerprint density at radius 2 is 2.18 bits per heavy atom. The molecule has 0 amide bonds. The average molecular weight is 233 g/mol. The molecule has 0 bridgehead atoms. The van der Waals surface area contributed by atoms with Crippen LogP contribution in [0.4, 0.5) is 0 Å². The van der Waals surface area contributed by atoms with E-state index in [4.69, 9.17) is 9.52 Å². The topological polar surface area (TPSA) is 72.4 Å². The van der Waals surface area contributed by atoms with Crippen LogP contribution >= 0.6 is 0 Å². The van der Waals surface area contributed by atoms with Crippen molar-refractivity contribution in [2.24, 2.45) is 0 Å². The van der Waals surface area contributed by atoms with Crippen LogP contribution in [0.25, 0.3) is 0 Å². The number of carboxylic acids is 1. The summed E-state index contributed by atoms with van der Waals surface area (Å²) in [5.74, 6) is -1.21. The smallest absolute Gasteiger partial charge is 0.341 e. The van der Waals surface area contributed by atoms with Crippen LogP contribution in [0.2, 0.25) is 0 Å². The lowest BCUT2D eigenvalue weighted by atomic mass is 10.2. The first kappa shape index (κ1) is 11.2. The number of hydrogen-bond donors (Lipinski definition) is 1. The molecule has 2 aromatic rings. The summed E-state index contributed by atoms with van der Waals surface area (Å²) in [6, 6.07) is 4.68. The molecule has 0 saturated heterocycles. The summed E-state index contributed by atoms with van der Waals surface area (Å²) in [4.78, 5) is 22.8. The highest BCUT2D eigenvalue weighted by Gasteiger charge is 2.12. The summed E-state index contributed by atoms with van der Waals surface area (Å²) in [6.45, 7) is 2.06. The van der Waals surface area contributed by atoms with Crippen molar-refractivity contribution in [1.29, 1.82) is 0 Å². The van der Waals surface area contributed by atoms with E-state index in [9.17, 15) is 9.59 Å². The van der Waals surface area contributed by atoms with Gasteiger partial charge in [-0.25, -0.2) is 4.79 Å². The fraction of sp³-hybridized carbons (Fsp3) is 0.167. The van der Waals surface area contributed by atoms with Gasteiger partial charge in [0.15, 0.2) is 0 Å². The fourth-order valence-corrected chi connectivity index (χ4v) is 1.60. The van der Waals surface area contributed by atoms with Crippen LogP contribution in [-0.2, 0) is 6.54 Å². The van der Waals surface area contributed by atoms with Crippen molar-refractivity contribution in [3.63, 3.8) is 0 Å². The van der Waals surface area contributed by atoms with Gasteiger partial charge in [-0.2, -0.15) is 0 Å². The van der Waals surface area contributed by atoms with Crippen molar-refractivity contribution < 1.29 is 14.3 Å². The molecule has 5 nitrogen and oxygen atoms in total. The number of aromatic nitrogens is 1. The van der Waals surface area contributed by atoms with Gasteiger partial charge in [-0.1, -0.05) is 0 Å². The third-order valence-corrected chi connectivity index (χ3v) is 2.54. The Morgan fingerprint density at radius 3 is 2.76 bits per heavy atom. The van der Waals surface area contributed by atoms with Crippen LogP contribution in [0.15, 0.2) is 39.9 Å². The molecule has 0 saturated carbocycles. The van der Waals surface area contributed by atoms with Crippen LogP contribution in [-0.4, -0.2) is 15.6 Å². The molecule has 17 heavy (non-hydrogen) atoms. The van der Waals surface area contributed by atoms with Crippen molar-refractivity contribution in [1.82, 2.24) is 4.57 Å². The monoisotopic (exact) mass is 233 g/mol. The van der Waals surface area contributed by atoms with Crippen LogP contribution in [0.5, 0.6) is 0 Å². The highest BCUT2D eigenvalue weighted by molar-refractivity contribution is 5.87. The third kappa shape index (κ3) is 2.13. The second-order valence-electron chi connectivity index (χ2n) is 3.72. The Hall–Kier alpha value is -2.30. The summed E-state index contributed by atoms with van der Waals surface area (Å²) in [7, 11) is 0. The Kier molecular flexibility index (Phi) is 2.82. The number of aryl methyl sites for hydroxylation is 1. The minimum atomic E-state index is -1.21. The summed E-state index contributed by atoms with van der Waals surface area (Å²) in [6.07, 6.45) is 3.04. The molecule has 88 valence electrons. The number of rotatable bonds is 3. The highest BCUT2D eigenvalue weighted by Crippen LogP contribution is 2.05. The predicted octanol–water partition coefficient (Wildman–Crippen LogP) is 1.50. The Balaban J connectivity index is 2.49. The second kappa shape index (κ2) is 4.29. The molecular formula is C12H11NO4. The number of hydrogen-bond acceptors (Lipinski definition) is 3. The van der Waals surface area contributed by atoms with E-state index < -0.39 is 11.5 Å². The molecule has 0 aliphatic carbocycles. The third-order valence-electron chi connectivity index (χ3n) is 2.54. The van der Waals surface area contributed by atoms with Gasteiger partial charge in [0, 0.05) is 11.3 Å². The van der Waals surface area contributed by atoms with Gasteiger partial charge >= 0.3 is 5.97 Å². The van der Waals surface area contributed by atoms with Gasteiger partial charge in [-0.05, 0) is 25.1 Å². The quantitative estimate of drug-likeness (QED) is 0.871. The highest BCUT2D eigenvalue weighted by atomic mass is 16.4. The first-order chi connectivity index (χ1) is 8.09. The lowest BCUT2D eigenvalue weighted by Crippen LogP contribution is -2.28. The molecule has 0 atom stereocenters. The number of carboxylic acid groups (broad SMARTS) is 1. The molecule has 1 N–H and O–H groups in total. The molecule has 0 radical (unpaired) electrons. The van der Waals surface area contributed by atoms with Crippen LogP contribution < -0.4 is 5.56 Å². The van der Waals surface area contributed by atoms with E-state index in [0.29, 0.717) is 12.2 Å². The van der Waals surface area contributed by atoms with Crippen molar-refractivity contribution >= 4 is 5.97 Å². The molecule has 0 aromatic carbocycles. The fourth-order valence-electron chi connectivity index (χ4n) is 1.60. The van der Waals surface area contributed by atoms with Gasteiger partial charge in [-0.3, -0.25) is 4.79 Å². The summed E-state index contributed by atoms with van der Waals surface area (Å²) in [5, 5.41) is 8.88. The van der Waals surface area contributed by atoms with E-state index in [1.807, 2.05) is 0 Å². The van der Waals surface area contributed by atoms with Crippen LogP contribution in [0.3, 0.4) is 0 Å². The van der Waals surface area contributed by atoms with E-state index in [1.54, 1.807) is 19.1 Å². The maximum absolute atomic E-state index is 11.9. The number of nitrogens with zero attached hydrogens (tertiary/aromatic N) is 1. The zero-order valence-electron chi connectivity index (χ0n) is 9.21. The van der Waals surface area contributed by atoms with Crippen molar-refractivity contribution in [2.75, 3.05) is 0 Å². The molecule has 0 spiro atoms. The van der Waals surface area contributed by atoms with Crippen LogP contribution in [0, 0.1) is 6.92 Å².